The van der Waals surface area contributed by atoms with Gasteiger partial charge in [0.15, 0.2) is 0 Å². The highest BCUT2D eigenvalue weighted by Crippen LogP contribution is 2.12. The Morgan fingerprint density at radius 3 is 3.00 bits per heavy atom. The van der Waals surface area contributed by atoms with Crippen LogP contribution >= 0.6 is 15.9 Å². The average Bonchev–Trinajstić information content (AvgIpc) is 2.36. The molecular formula is C10H16BrN5O. The van der Waals surface area contributed by atoms with E-state index in [2.05, 4.69) is 41.4 Å². The summed E-state index contributed by atoms with van der Waals surface area (Å²) in [6, 6.07) is 0. The average molecular weight is 302 g/mol. The third-order valence-corrected chi connectivity index (χ3v) is 3.46. The van der Waals surface area contributed by atoms with Crippen LogP contribution in [0.25, 0.3) is 0 Å². The summed E-state index contributed by atoms with van der Waals surface area (Å²) in [4.78, 5) is 20.3. The minimum Gasteiger partial charge on any atom is -0.368 e. The molecule has 1 aliphatic rings. The van der Waals surface area contributed by atoms with E-state index in [-0.39, 0.29) is 5.56 Å². The van der Waals surface area contributed by atoms with Gasteiger partial charge in [0.2, 0.25) is 0 Å². The van der Waals surface area contributed by atoms with Gasteiger partial charge in [0.05, 0.1) is 6.33 Å². The van der Waals surface area contributed by atoms with Crippen molar-refractivity contribution in [2.24, 2.45) is 0 Å². The normalized spacial score (nSPS) is 17.0. The second-order valence-electron chi connectivity index (χ2n) is 3.91. The molecule has 1 fully saturated rings. The molecule has 1 aromatic rings. The maximum absolute atomic E-state index is 11.3. The summed E-state index contributed by atoms with van der Waals surface area (Å²) < 4.78 is 0.459. The van der Waals surface area contributed by atoms with Crippen LogP contribution in [0.2, 0.25) is 0 Å². The largest absolute Gasteiger partial charge is 0.368 e. The molecule has 0 radical (unpaired) electrons. The van der Waals surface area contributed by atoms with Crippen LogP contribution in [0.1, 0.15) is 0 Å². The lowest BCUT2D eigenvalue weighted by Crippen LogP contribution is -2.45. The fraction of sp³-hybridized carbons (Fsp3) is 0.600. The highest BCUT2D eigenvalue weighted by Gasteiger charge is 2.09. The lowest BCUT2D eigenvalue weighted by molar-refractivity contribution is 0.249. The number of hydrogen-bond donors (Lipinski definition) is 3. The van der Waals surface area contributed by atoms with Crippen molar-refractivity contribution in [1.82, 2.24) is 20.2 Å². The predicted molar refractivity (Wildman–Crippen MR) is 70.4 cm³/mol. The van der Waals surface area contributed by atoms with Gasteiger partial charge in [-0.15, -0.1) is 0 Å². The first-order valence-corrected chi connectivity index (χ1v) is 6.47. The summed E-state index contributed by atoms with van der Waals surface area (Å²) in [6.45, 7) is 5.99. The van der Waals surface area contributed by atoms with Crippen molar-refractivity contribution >= 4 is 21.7 Å². The lowest BCUT2D eigenvalue weighted by atomic mass is 10.3. The molecule has 6 nitrogen and oxygen atoms in total. The number of hydrogen-bond acceptors (Lipinski definition) is 5. The van der Waals surface area contributed by atoms with Crippen LogP contribution in [0, 0.1) is 0 Å². The first-order chi connectivity index (χ1) is 8.27. The number of H-pyrrole nitrogens is 1. The number of piperazine rings is 1. The van der Waals surface area contributed by atoms with Crippen LogP contribution in [-0.4, -0.2) is 54.1 Å². The fourth-order valence-electron chi connectivity index (χ4n) is 1.77. The quantitative estimate of drug-likeness (QED) is 0.721. The number of halogens is 1. The number of nitrogens with one attached hydrogen (secondary N) is 3. The molecule has 0 bridgehead atoms. The first-order valence-electron chi connectivity index (χ1n) is 5.67. The van der Waals surface area contributed by atoms with Gasteiger partial charge in [-0.2, -0.15) is 0 Å². The highest BCUT2D eigenvalue weighted by atomic mass is 79.9. The molecule has 0 atom stereocenters. The van der Waals surface area contributed by atoms with Crippen LogP contribution < -0.4 is 16.2 Å². The number of aromatic nitrogens is 2. The SMILES string of the molecule is O=c1[nH]cnc(NCCN2CCNCC2)c1Br. The monoisotopic (exact) mass is 301 g/mol. The zero-order valence-electron chi connectivity index (χ0n) is 9.50. The van der Waals surface area contributed by atoms with Crippen molar-refractivity contribution in [3.05, 3.63) is 21.2 Å². The van der Waals surface area contributed by atoms with Crippen molar-refractivity contribution in [2.45, 2.75) is 0 Å². The van der Waals surface area contributed by atoms with E-state index in [9.17, 15) is 4.79 Å². The Morgan fingerprint density at radius 1 is 1.47 bits per heavy atom. The van der Waals surface area contributed by atoms with Crippen molar-refractivity contribution in [2.75, 3.05) is 44.6 Å². The molecule has 7 heteroatoms. The van der Waals surface area contributed by atoms with Crippen LogP contribution in [0.5, 0.6) is 0 Å². The maximum atomic E-state index is 11.3. The van der Waals surface area contributed by atoms with Crippen molar-refractivity contribution in [3.8, 4) is 0 Å². The molecule has 0 aliphatic carbocycles. The highest BCUT2D eigenvalue weighted by molar-refractivity contribution is 9.10. The van der Waals surface area contributed by atoms with E-state index >= 15 is 0 Å². The van der Waals surface area contributed by atoms with Gasteiger partial charge in [0.1, 0.15) is 10.3 Å². The van der Waals surface area contributed by atoms with Crippen molar-refractivity contribution in [1.29, 1.82) is 0 Å². The maximum Gasteiger partial charge on any atom is 0.267 e. The van der Waals surface area contributed by atoms with Gasteiger partial charge in [0, 0.05) is 39.3 Å². The second kappa shape index (κ2) is 6.13. The summed E-state index contributed by atoms with van der Waals surface area (Å²) in [6.07, 6.45) is 1.40. The summed E-state index contributed by atoms with van der Waals surface area (Å²) in [7, 11) is 0. The Hall–Kier alpha value is -0.920. The van der Waals surface area contributed by atoms with Gasteiger partial charge in [-0.05, 0) is 15.9 Å². The molecule has 1 saturated heterocycles. The molecule has 0 amide bonds. The van der Waals surface area contributed by atoms with Gasteiger partial charge < -0.3 is 15.6 Å². The van der Waals surface area contributed by atoms with Gasteiger partial charge in [-0.3, -0.25) is 9.69 Å². The standard InChI is InChI=1S/C10H16BrN5O/c11-8-9(14-7-15-10(8)17)13-3-6-16-4-1-12-2-5-16/h7,12H,1-6H2,(H2,13,14,15,17). The van der Waals surface area contributed by atoms with E-state index in [1.807, 2.05) is 0 Å². The summed E-state index contributed by atoms with van der Waals surface area (Å²) in [5.41, 5.74) is -0.162. The summed E-state index contributed by atoms with van der Waals surface area (Å²) in [5.74, 6) is 0.601. The zero-order chi connectivity index (χ0) is 12.1. The van der Waals surface area contributed by atoms with Gasteiger partial charge >= 0.3 is 0 Å². The number of anilines is 1. The number of aromatic amines is 1. The van der Waals surface area contributed by atoms with E-state index in [0.29, 0.717) is 10.3 Å². The van der Waals surface area contributed by atoms with Crippen LogP contribution in [0.3, 0.4) is 0 Å². The molecule has 0 unspecified atom stereocenters. The number of nitrogens with zero attached hydrogens (tertiary/aromatic N) is 2. The predicted octanol–water partition coefficient (Wildman–Crippen LogP) is -0.151. The third kappa shape index (κ3) is 3.52. The minimum atomic E-state index is -0.162. The molecule has 2 rings (SSSR count). The minimum absolute atomic E-state index is 0.162. The Balaban J connectivity index is 1.81. The number of rotatable bonds is 4. The van der Waals surface area contributed by atoms with Crippen LogP contribution in [0.4, 0.5) is 5.82 Å². The van der Waals surface area contributed by atoms with Crippen molar-refractivity contribution < 1.29 is 0 Å². The van der Waals surface area contributed by atoms with Crippen molar-refractivity contribution in [3.63, 3.8) is 0 Å². The van der Waals surface area contributed by atoms with E-state index in [4.69, 9.17) is 0 Å². The van der Waals surface area contributed by atoms with E-state index in [1.165, 1.54) is 6.33 Å². The lowest BCUT2D eigenvalue weighted by Gasteiger charge is -2.27. The fourth-order valence-corrected chi connectivity index (χ4v) is 2.13. The molecule has 1 aromatic heterocycles. The first kappa shape index (κ1) is 12.5. The smallest absolute Gasteiger partial charge is 0.267 e. The summed E-state index contributed by atoms with van der Waals surface area (Å²) in [5, 5.41) is 6.47. The Bertz CT molecular complexity index is 415. The molecular weight excluding hydrogens is 286 g/mol. The molecule has 0 saturated carbocycles. The Kier molecular flexibility index (Phi) is 4.52. The van der Waals surface area contributed by atoms with E-state index in [1.54, 1.807) is 0 Å². The Morgan fingerprint density at radius 2 is 2.24 bits per heavy atom. The Labute approximate surface area is 108 Å². The zero-order valence-corrected chi connectivity index (χ0v) is 11.1. The van der Waals surface area contributed by atoms with E-state index < -0.39 is 0 Å². The topological polar surface area (TPSA) is 73.0 Å². The molecule has 3 N–H and O–H groups in total. The van der Waals surface area contributed by atoms with Gasteiger partial charge in [0.25, 0.3) is 5.56 Å². The third-order valence-electron chi connectivity index (χ3n) is 2.73. The molecule has 17 heavy (non-hydrogen) atoms. The summed E-state index contributed by atoms with van der Waals surface area (Å²) >= 11 is 3.21. The van der Waals surface area contributed by atoms with Crippen LogP contribution in [0.15, 0.2) is 15.6 Å². The molecule has 1 aliphatic heterocycles. The molecule has 0 aromatic carbocycles. The van der Waals surface area contributed by atoms with Gasteiger partial charge in [-0.25, -0.2) is 4.98 Å². The van der Waals surface area contributed by atoms with Crippen LogP contribution in [-0.2, 0) is 0 Å². The molecule has 94 valence electrons. The molecule has 0 spiro atoms. The molecule has 2 heterocycles. The van der Waals surface area contributed by atoms with E-state index in [0.717, 1.165) is 39.3 Å². The van der Waals surface area contributed by atoms with Gasteiger partial charge in [-0.1, -0.05) is 0 Å². The second-order valence-corrected chi connectivity index (χ2v) is 4.71.